The van der Waals surface area contributed by atoms with Crippen LogP contribution in [0.25, 0.3) is 0 Å². The summed E-state index contributed by atoms with van der Waals surface area (Å²) in [5, 5.41) is 10.5. The highest BCUT2D eigenvalue weighted by Gasteiger charge is 2.60. The summed E-state index contributed by atoms with van der Waals surface area (Å²) in [6.07, 6.45) is 9.34. The average molecular weight is 320 g/mol. The van der Waals surface area contributed by atoms with E-state index in [1.54, 1.807) is 5.57 Å². The monoisotopic (exact) mass is 320 g/mol. The highest BCUT2D eigenvalue weighted by atomic mass is 19.1. The first-order valence-electron chi connectivity index (χ1n) is 9.71. The molecule has 0 aromatic carbocycles. The first kappa shape index (κ1) is 16.1. The number of aliphatic hydroxyl groups excluding tert-OH is 1. The molecule has 4 rings (SSSR count). The van der Waals surface area contributed by atoms with Crippen LogP contribution in [0.2, 0.25) is 0 Å². The van der Waals surface area contributed by atoms with Crippen molar-refractivity contribution in [1.29, 1.82) is 0 Å². The molecule has 3 saturated carbocycles. The van der Waals surface area contributed by atoms with Crippen LogP contribution >= 0.6 is 0 Å². The van der Waals surface area contributed by atoms with Gasteiger partial charge in [0.2, 0.25) is 0 Å². The fraction of sp³-hybridized carbons (Fsp3) is 0.905. The molecule has 1 N–H and O–H groups in total. The molecule has 8 atom stereocenters. The third-order valence-electron chi connectivity index (χ3n) is 8.39. The van der Waals surface area contributed by atoms with Crippen LogP contribution in [0.4, 0.5) is 4.39 Å². The van der Waals surface area contributed by atoms with Crippen LogP contribution in [0.1, 0.15) is 72.6 Å². The molecular weight excluding hydrogens is 287 g/mol. The molecule has 0 bridgehead atoms. The quantitative estimate of drug-likeness (QED) is 0.602. The van der Waals surface area contributed by atoms with Gasteiger partial charge in [-0.25, -0.2) is 4.39 Å². The maximum Gasteiger partial charge on any atom is 0.109 e. The zero-order chi connectivity index (χ0) is 16.6. The largest absolute Gasteiger partial charge is 0.393 e. The molecule has 0 aromatic rings. The first-order chi connectivity index (χ1) is 10.6. The fourth-order valence-corrected chi connectivity index (χ4v) is 7.26. The number of hydrogen-bond acceptors (Lipinski definition) is 1. The average Bonchev–Trinajstić information content (AvgIpc) is 2.69. The summed E-state index contributed by atoms with van der Waals surface area (Å²) in [5.74, 6) is 2.19. The zero-order valence-electron chi connectivity index (χ0n) is 15.2. The molecule has 1 nitrogen and oxygen atoms in total. The van der Waals surface area contributed by atoms with Crippen molar-refractivity contribution in [2.75, 3.05) is 0 Å². The van der Waals surface area contributed by atoms with E-state index in [0.29, 0.717) is 23.7 Å². The van der Waals surface area contributed by atoms with Crippen molar-refractivity contribution in [1.82, 2.24) is 0 Å². The predicted octanol–water partition coefficient (Wildman–Crippen LogP) is 5.28. The molecule has 0 heterocycles. The Hall–Kier alpha value is -0.370. The van der Waals surface area contributed by atoms with Gasteiger partial charge in [-0.2, -0.15) is 0 Å². The Kier molecular flexibility index (Phi) is 3.39. The summed E-state index contributed by atoms with van der Waals surface area (Å²) in [4.78, 5) is 0. The van der Waals surface area contributed by atoms with Gasteiger partial charge in [0, 0.05) is 0 Å². The molecule has 3 fully saturated rings. The summed E-state index contributed by atoms with van der Waals surface area (Å²) in [6, 6.07) is 0. The van der Waals surface area contributed by atoms with Crippen molar-refractivity contribution < 1.29 is 9.50 Å². The van der Waals surface area contributed by atoms with Gasteiger partial charge in [0.05, 0.1) is 6.10 Å². The van der Waals surface area contributed by atoms with Crippen LogP contribution in [0.15, 0.2) is 11.6 Å². The van der Waals surface area contributed by atoms with Crippen LogP contribution in [0, 0.1) is 34.5 Å². The standard InChI is InChI=1S/C21H33FO/c1-13-9-14-5-6-15-16(21(14,4)11-18(13)23)7-8-19(2)12-20(3,22)10-17(15)19/h5,13,15-18,23H,6-12H2,1-4H3/t13?,15-,16-,17+,18?,19-,20?,21+/m1/s1. The molecule has 0 spiro atoms. The molecule has 0 aromatic heterocycles. The van der Waals surface area contributed by atoms with Crippen LogP contribution < -0.4 is 0 Å². The molecule has 0 radical (unpaired) electrons. The molecule has 0 aliphatic heterocycles. The van der Waals surface area contributed by atoms with E-state index in [9.17, 15) is 9.50 Å². The second-order valence-corrected chi connectivity index (χ2v) is 10.2. The highest BCUT2D eigenvalue weighted by molar-refractivity contribution is 5.26. The van der Waals surface area contributed by atoms with Crippen molar-refractivity contribution >= 4 is 0 Å². The van der Waals surface area contributed by atoms with Gasteiger partial charge < -0.3 is 5.11 Å². The number of aliphatic hydroxyl groups is 1. The molecule has 3 unspecified atom stereocenters. The van der Waals surface area contributed by atoms with Crippen LogP contribution in [-0.2, 0) is 0 Å². The van der Waals surface area contributed by atoms with Gasteiger partial charge in [-0.3, -0.25) is 0 Å². The Morgan fingerprint density at radius 3 is 2.65 bits per heavy atom. The molecule has 4 aliphatic rings. The van der Waals surface area contributed by atoms with E-state index >= 15 is 0 Å². The lowest BCUT2D eigenvalue weighted by molar-refractivity contribution is -0.0561. The molecule has 23 heavy (non-hydrogen) atoms. The molecule has 4 aliphatic carbocycles. The van der Waals surface area contributed by atoms with E-state index in [0.717, 1.165) is 32.1 Å². The lowest BCUT2D eigenvalue weighted by atomic mass is 9.47. The third kappa shape index (κ3) is 2.27. The number of fused-ring (bicyclic) bond motifs is 5. The minimum atomic E-state index is -0.972. The normalized spacial score (nSPS) is 58.9. The van der Waals surface area contributed by atoms with E-state index in [4.69, 9.17) is 0 Å². The number of halogens is 1. The number of alkyl halides is 1. The molecule has 0 saturated heterocycles. The fourth-order valence-electron chi connectivity index (χ4n) is 7.26. The van der Waals surface area contributed by atoms with Crippen molar-refractivity contribution in [3.8, 4) is 0 Å². The van der Waals surface area contributed by atoms with Gasteiger partial charge in [-0.05, 0) is 86.4 Å². The maximum absolute atomic E-state index is 14.8. The Morgan fingerprint density at radius 1 is 1.17 bits per heavy atom. The van der Waals surface area contributed by atoms with Crippen molar-refractivity contribution in [3.63, 3.8) is 0 Å². The van der Waals surface area contributed by atoms with E-state index in [2.05, 4.69) is 26.8 Å². The predicted molar refractivity (Wildman–Crippen MR) is 91.8 cm³/mol. The summed E-state index contributed by atoms with van der Waals surface area (Å²) in [6.45, 7) is 8.75. The Balaban J connectivity index is 1.68. The Morgan fingerprint density at radius 2 is 1.91 bits per heavy atom. The van der Waals surface area contributed by atoms with Crippen molar-refractivity contribution in [3.05, 3.63) is 11.6 Å². The minimum Gasteiger partial charge on any atom is -0.393 e. The van der Waals surface area contributed by atoms with Gasteiger partial charge >= 0.3 is 0 Å². The second kappa shape index (κ2) is 4.84. The molecule has 130 valence electrons. The number of allylic oxidation sites excluding steroid dienone is 2. The third-order valence-corrected chi connectivity index (χ3v) is 8.39. The molecule has 0 amide bonds. The van der Waals surface area contributed by atoms with Crippen molar-refractivity contribution in [2.24, 2.45) is 34.5 Å². The smallest absolute Gasteiger partial charge is 0.109 e. The van der Waals surface area contributed by atoms with Gasteiger partial charge in [0.15, 0.2) is 0 Å². The number of rotatable bonds is 0. The summed E-state index contributed by atoms with van der Waals surface area (Å²) in [5.41, 5.74) is 0.985. The van der Waals surface area contributed by atoms with E-state index in [1.165, 1.54) is 12.8 Å². The van der Waals surface area contributed by atoms with Crippen molar-refractivity contribution in [2.45, 2.75) is 84.4 Å². The van der Waals surface area contributed by atoms with E-state index < -0.39 is 5.67 Å². The second-order valence-electron chi connectivity index (χ2n) is 10.2. The van der Waals surface area contributed by atoms with Crippen LogP contribution in [-0.4, -0.2) is 16.9 Å². The van der Waals surface area contributed by atoms with Crippen LogP contribution in [0.3, 0.4) is 0 Å². The lowest BCUT2D eigenvalue weighted by Gasteiger charge is -2.58. The topological polar surface area (TPSA) is 20.2 Å². The van der Waals surface area contributed by atoms with Crippen LogP contribution in [0.5, 0.6) is 0 Å². The highest BCUT2D eigenvalue weighted by Crippen LogP contribution is 2.66. The zero-order valence-corrected chi connectivity index (χ0v) is 15.2. The Bertz CT molecular complexity index is 538. The molecular formula is C21H33FO. The van der Waals surface area contributed by atoms with E-state index in [-0.39, 0.29) is 16.9 Å². The van der Waals surface area contributed by atoms with E-state index in [1.807, 2.05) is 6.92 Å². The lowest BCUT2D eigenvalue weighted by Crippen LogP contribution is -2.51. The van der Waals surface area contributed by atoms with Gasteiger partial charge in [0.1, 0.15) is 5.67 Å². The summed E-state index contributed by atoms with van der Waals surface area (Å²) < 4.78 is 14.8. The SMILES string of the molecule is CC1CC2=CC[C@@H]3[C@@H](CC[C@]4(C)CC(C)(F)C[C@@H]34)[C@@]2(C)CC1O. The van der Waals surface area contributed by atoms with Gasteiger partial charge in [-0.1, -0.05) is 32.4 Å². The maximum atomic E-state index is 14.8. The van der Waals surface area contributed by atoms with Gasteiger partial charge in [-0.15, -0.1) is 0 Å². The minimum absolute atomic E-state index is 0.158. The first-order valence-corrected chi connectivity index (χ1v) is 9.71. The number of hydrogen-bond donors (Lipinski definition) is 1. The van der Waals surface area contributed by atoms with Gasteiger partial charge in [0.25, 0.3) is 0 Å². The Labute approximate surface area is 140 Å². The summed E-state index contributed by atoms with van der Waals surface area (Å²) in [7, 11) is 0. The molecule has 2 heteroatoms. The summed E-state index contributed by atoms with van der Waals surface area (Å²) >= 11 is 0.